The fourth-order valence-corrected chi connectivity index (χ4v) is 6.16. The van der Waals surface area contributed by atoms with E-state index in [2.05, 4.69) is 52.1 Å². The van der Waals surface area contributed by atoms with Crippen molar-refractivity contribution in [2.24, 2.45) is 5.92 Å². The quantitative estimate of drug-likeness (QED) is 0.180. The Balaban J connectivity index is 1.05. The van der Waals surface area contributed by atoms with Crippen LogP contribution in [0.2, 0.25) is 0 Å². The van der Waals surface area contributed by atoms with E-state index >= 15 is 0 Å². The molecular formula is C34H38N8O2S. The highest BCUT2D eigenvalue weighted by Crippen LogP contribution is 2.28. The third-order valence-electron chi connectivity index (χ3n) is 8.12. The van der Waals surface area contributed by atoms with Gasteiger partial charge in [0.25, 0.3) is 0 Å². The van der Waals surface area contributed by atoms with E-state index in [1.807, 2.05) is 66.4 Å². The van der Waals surface area contributed by atoms with Gasteiger partial charge < -0.3 is 10.2 Å². The number of nitrogens with zero attached hydrogens (tertiary/aromatic N) is 5. The Hall–Kier alpha value is -4.77. The summed E-state index contributed by atoms with van der Waals surface area (Å²) < 4.78 is 6.98. The van der Waals surface area contributed by atoms with Crippen molar-refractivity contribution in [3.8, 4) is 5.69 Å². The molecule has 1 fully saturated rings. The Morgan fingerprint density at radius 3 is 2.51 bits per heavy atom. The molecule has 232 valence electrons. The van der Waals surface area contributed by atoms with E-state index in [4.69, 9.17) is 5.10 Å². The number of fused-ring (bicyclic) bond motifs is 1. The smallest absolute Gasteiger partial charge is 0.324 e. The molecule has 45 heavy (non-hydrogen) atoms. The van der Waals surface area contributed by atoms with Crippen molar-refractivity contribution in [1.82, 2.24) is 24.0 Å². The fourth-order valence-electron chi connectivity index (χ4n) is 5.52. The molecule has 0 bridgehead atoms. The zero-order valence-corrected chi connectivity index (χ0v) is 26.8. The lowest BCUT2D eigenvalue weighted by Crippen LogP contribution is -2.41. The van der Waals surface area contributed by atoms with Crippen molar-refractivity contribution in [3.05, 3.63) is 89.9 Å². The molecular weight excluding hydrogens is 584 g/mol. The van der Waals surface area contributed by atoms with Gasteiger partial charge >= 0.3 is 12.1 Å². The van der Waals surface area contributed by atoms with Crippen LogP contribution >= 0.6 is 11.5 Å². The van der Waals surface area contributed by atoms with Crippen LogP contribution in [0.3, 0.4) is 0 Å². The summed E-state index contributed by atoms with van der Waals surface area (Å²) >= 11 is 1.39. The summed E-state index contributed by atoms with van der Waals surface area (Å²) in [6, 6.07) is 19.4. The van der Waals surface area contributed by atoms with Crippen molar-refractivity contribution in [3.63, 3.8) is 0 Å². The first-order valence-corrected chi connectivity index (χ1v) is 16.0. The molecule has 0 atom stereocenters. The summed E-state index contributed by atoms with van der Waals surface area (Å²) in [5.74, 6) is 1.60. The van der Waals surface area contributed by atoms with Crippen LogP contribution in [0.25, 0.3) is 15.8 Å². The van der Waals surface area contributed by atoms with E-state index < -0.39 is 0 Å². The first-order chi connectivity index (χ1) is 21.6. The number of benzene rings is 2. The zero-order chi connectivity index (χ0) is 31.6. The van der Waals surface area contributed by atoms with Gasteiger partial charge in [-0.05, 0) is 79.5 Å². The molecule has 6 rings (SSSR count). The van der Waals surface area contributed by atoms with Gasteiger partial charge in [0.15, 0.2) is 0 Å². The van der Waals surface area contributed by atoms with Gasteiger partial charge in [-0.25, -0.2) is 19.3 Å². The number of nitrogens with one attached hydrogen (secondary N) is 3. The second-order valence-corrected chi connectivity index (χ2v) is 13.5. The van der Waals surface area contributed by atoms with Crippen LogP contribution in [0.15, 0.2) is 73.1 Å². The van der Waals surface area contributed by atoms with Gasteiger partial charge in [-0.15, -0.1) is 0 Å². The Morgan fingerprint density at radius 2 is 1.76 bits per heavy atom. The highest BCUT2D eigenvalue weighted by atomic mass is 32.1. The topological polar surface area (TPSA) is 117 Å². The van der Waals surface area contributed by atoms with E-state index in [1.165, 1.54) is 11.5 Å². The zero-order valence-electron chi connectivity index (χ0n) is 26.0. The minimum Gasteiger partial charge on any atom is -0.324 e. The average molecular weight is 623 g/mol. The second-order valence-electron chi connectivity index (χ2n) is 12.7. The van der Waals surface area contributed by atoms with Crippen LogP contribution in [-0.2, 0) is 11.8 Å². The molecule has 3 N–H and O–H groups in total. The number of rotatable bonds is 6. The van der Waals surface area contributed by atoms with Gasteiger partial charge in [0, 0.05) is 36.5 Å². The van der Waals surface area contributed by atoms with Crippen LogP contribution in [0.1, 0.15) is 50.4 Å². The van der Waals surface area contributed by atoms with Crippen molar-refractivity contribution >= 4 is 51.0 Å². The number of carbonyl (C=O) groups excluding carboxylic acids is 2. The predicted molar refractivity (Wildman–Crippen MR) is 181 cm³/mol. The molecule has 0 spiro atoms. The number of likely N-dealkylation sites (tertiary alicyclic amines) is 1. The SMILES string of the molecule is Cc1ccc(-n2nc(C(C)(C)C)cc2NC(=O)Nc2cccc(CC3CCN(C(=O)Nc4nccc5sncc45)CC3)c2)cc1. The number of piperidine rings is 1. The molecule has 0 saturated carbocycles. The third-order valence-corrected chi connectivity index (χ3v) is 8.88. The largest absolute Gasteiger partial charge is 0.324 e. The summed E-state index contributed by atoms with van der Waals surface area (Å²) in [4.78, 5) is 32.3. The maximum absolute atomic E-state index is 13.2. The number of pyridine rings is 1. The number of amides is 4. The minimum absolute atomic E-state index is 0.129. The van der Waals surface area contributed by atoms with Crippen molar-refractivity contribution in [1.29, 1.82) is 0 Å². The average Bonchev–Trinajstić information content (AvgIpc) is 3.66. The lowest BCUT2D eigenvalue weighted by molar-refractivity contribution is 0.182. The Bertz CT molecular complexity index is 1810. The van der Waals surface area contributed by atoms with E-state index in [9.17, 15) is 9.59 Å². The van der Waals surface area contributed by atoms with Gasteiger partial charge in [0.2, 0.25) is 0 Å². The first kappa shape index (κ1) is 30.3. The normalized spacial score (nSPS) is 14.0. The molecule has 1 saturated heterocycles. The fraction of sp³-hybridized carbons (Fsp3) is 0.324. The summed E-state index contributed by atoms with van der Waals surface area (Å²) in [5.41, 5.74) is 4.62. The van der Waals surface area contributed by atoms with Crippen LogP contribution in [0.4, 0.5) is 26.9 Å². The maximum atomic E-state index is 13.2. The van der Waals surface area contributed by atoms with Crippen molar-refractivity contribution in [2.45, 2.75) is 52.4 Å². The number of carbonyl (C=O) groups is 2. The first-order valence-electron chi connectivity index (χ1n) is 15.2. The lowest BCUT2D eigenvalue weighted by Gasteiger charge is -2.32. The number of aryl methyl sites for hydroxylation is 1. The highest BCUT2D eigenvalue weighted by molar-refractivity contribution is 7.13. The van der Waals surface area contributed by atoms with Gasteiger partial charge in [-0.3, -0.25) is 10.6 Å². The third kappa shape index (κ3) is 7.15. The predicted octanol–water partition coefficient (Wildman–Crippen LogP) is 7.61. The van der Waals surface area contributed by atoms with E-state index in [1.54, 1.807) is 17.1 Å². The van der Waals surface area contributed by atoms with Crippen LogP contribution in [0, 0.1) is 12.8 Å². The van der Waals surface area contributed by atoms with E-state index in [0.29, 0.717) is 30.6 Å². The van der Waals surface area contributed by atoms with Crippen molar-refractivity contribution < 1.29 is 9.59 Å². The molecule has 1 aliphatic heterocycles. The standard InChI is InChI=1S/C34H38N8O2S/c1-22-8-10-26(11-9-22)42-30(20-29(40-42)34(2,3)4)38-32(43)37-25-7-5-6-24(19-25)18-23-13-16-41(17-14-23)33(44)39-31-27-21-36-45-28(27)12-15-35-31/h5-12,15,19-21,23H,13-14,16-18H2,1-4H3,(H,35,39,44)(H2,37,38,43). The molecule has 0 radical (unpaired) electrons. The molecule has 0 aliphatic carbocycles. The van der Waals surface area contributed by atoms with Crippen LogP contribution in [-0.4, -0.2) is 49.2 Å². The molecule has 3 aromatic heterocycles. The molecule has 0 unspecified atom stereocenters. The summed E-state index contributed by atoms with van der Waals surface area (Å²) in [6.07, 6.45) is 6.12. The Labute approximate surface area is 267 Å². The second kappa shape index (κ2) is 12.7. The molecule has 11 heteroatoms. The number of anilines is 3. The minimum atomic E-state index is -0.330. The summed E-state index contributed by atoms with van der Waals surface area (Å²) in [7, 11) is 0. The Kier molecular flexibility index (Phi) is 8.53. The van der Waals surface area contributed by atoms with Gasteiger partial charge in [0.05, 0.1) is 27.7 Å². The monoisotopic (exact) mass is 622 g/mol. The molecule has 5 aromatic rings. The van der Waals surface area contributed by atoms with E-state index in [-0.39, 0.29) is 17.5 Å². The van der Waals surface area contributed by atoms with Crippen molar-refractivity contribution in [2.75, 3.05) is 29.0 Å². The van der Waals surface area contributed by atoms with Gasteiger partial charge in [-0.2, -0.15) is 9.47 Å². The highest BCUT2D eigenvalue weighted by Gasteiger charge is 2.25. The lowest BCUT2D eigenvalue weighted by atomic mass is 9.90. The molecule has 2 aromatic carbocycles. The molecule has 10 nitrogen and oxygen atoms in total. The van der Waals surface area contributed by atoms with Gasteiger partial charge in [0.1, 0.15) is 11.6 Å². The molecule has 4 amide bonds. The molecule has 4 heterocycles. The maximum Gasteiger partial charge on any atom is 0.324 e. The number of urea groups is 2. The number of hydrogen-bond acceptors (Lipinski definition) is 6. The van der Waals surface area contributed by atoms with Crippen LogP contribution < -0.4 is 16.0 Å². The number of aromatic nitrogens is 4. The van der Waals surface area contributed by atoms with Gasteiger partial charge in [-0.1, -0.05) is 50.6 Å². The van der Waals surface area contributed by atoms with Crippen LogP contribution in [0.5, 0.6) is 0 Å². The summed E-state index contributed by atoms with van der Waals surface area (Å²) in [5, 5.41) is 14.6. The molecule has 1 aliphatic rings. The Morgan fingerprint density at radius 1 is 0.978 bits per heavy atom. The van der Waals surface area contributed by atoms with E-state index in [0.717, 1.165) is 57.5 Å². The number of hydrogen-bond donors (Lipinski definition) is 3. The summed E-state index contributed by atoms with van der Waals surface area (Å²) in [6.45, 7) is 9.71.